The number of pyridine rings is 1. The monoisotopic (exact) mass is 287 g/mol. The van der Waals surface area contributed by atoms with Crippen molar-refractivity contribution in [3.8, 4) is 0 Å². The van der Waals surface area contributed by atoms with Gasteiger partial charge in [0.25, 0.3) is 5.91 Å². The molecule has 4 nitrogen and oxygen atoms in total. The average Bonchev–Trinajstić information content (AvgIpc) is 2.43. The predicted molar refractivity (Wildman–Crippen MR) is 70.3 cm³/mol. The maximum atomic E-state index is 13.3. The molecule has 0 unspecified atom stereocenters. The van der Waals surface area contributed by atoms with Crippen LogP contribution in [0.4, 0.5) is 8.78 Å². The van der Waals surface area contributed by atoms with Gasteiger partial charge in [0.2, 0.25) is 5.95 Å². The summed E-state index contributed by atoms with van der Waals surface area (Å²) >= 11 is 1.91. The maximum Gasteiger partial charge on any atom is 0.254 e. The van der Waals surface area contributed by atoms with Gasteiger partial charge in [0, 0.05) is 43.9 Å². The predicted octanol–water partition coefficient (Wildman–Crippen LogP) is 1.14. The SMILES string of the molecule is O=C(NCCN1CCSCC1)c1ccnc(F)c1F. The molecule has 7 heteroatoms. The van der Waals surface area contributed by atoms with Crippen molar-refractivity contribution >= 4 is 17.7 Å². The summed E-state index contributed by atoms with van der Waals surface area (Å²) in [6.45, 7) is 3.14. The lowest BCUT2D eigenvalue weighted by molar-refractivity contribution is 0.0943. The van der Waals surface area contributed by atoms with Crippen LogP contribution in [0.2, 0.25) is 0 Å². The van der Waals surface area contributed by atoms with Crippen LogP contribution in [0.3, 0.4) is 0 Å². The number of thioether (sulfide) groups is 1. The summed E-state index contributed by atoms with van der Waals surface area (Å²) in [4.78, 5) is 17.1. The van der Waals surface area contributed by atoms with E-state index in [0.717, 1.165) is 37.3 Å². The molecule has 0 radical (unpaired) electrons. The van der Waals surface area contributed by atoms with Gasteiger partial charge in [0.05, 0.1) is 5.56 Å². The summed E-state index contributed by atoms with van der Waals surface area (Å²) in [7, 11) is 0. The molecule has 1 aromatic heterocycles. The van der Waals surface area contributed by atoms with Crippen LogP contribution in [-0.2, 0) is 0 Å². The fourth-order valence-electron chi connectivity index (χ4n) is 1.84. The second kappa shape index (κ2) is 6.81. The van der Waals surface area contributed by atoms with E-state index in [1.165, 1.54) is 6.07 Å². The Bertz CT molecular complexity index is 453. The Kier molecular flexibility index (Phi) is 5.09. The molecule has 2 rings (SSSR count). The van der Waals surface area contributed by atoms with E-state index in [-0.39, 0.29) is 5.56 Å². The second-order valence-electron chi connectivity index (χ2n) is 4.17. The summed E-state index contributed by atoms with van der Waals surface area (Å²) in [5.74, 6) is -0.865. The molecule has 1 saturated heterocycles. The van der Waals surface area contributed by atoms with Gasteiger partial charge in [-0.25, -0.2) is 9.37 Å². The normalized spacial score (nSPS) is 16.3. The second-order valence-corrected chi connectivity index (χ2v) is 5.40. The molecule has 1 aliphatic rings. The van der Waals surface area contributed by atoms with Gasteiger partial charge in [0.1, 0.15) is 0 Å². The largest absolute Gasteiger partial charge is 0.351 e. The minimum Gasteiger partial charge on any atom is -0.351 e. The third kappa shape index (κ3) is 3.87. The lowest BCUT2D eigenvalue weighted by atomic mass is 10.2. The maximum absolute atomic E-state index is 13.3. The molecule has 0 saturated carbocycles. The van der Waals surface area contributed by atoms with Crippen molar-refractivity contribution in [1.29, 1.82) is 0 Å². The van der Waals surface area contributed by atoms with Crippen LogP contribution < -0.4 is 5.32 Å². The molecule has 0 atom stereocenters. The van der Waals surface area contributed by atoms with Gasteiger partial charge in [-0.1, -0.05) is 0 Å². The Hall–Kier alpha value is -1.21. The molecule has 1 N–H and O–H groups in total. The highest BCUT2D eigenvalue weighted by molar-refractivity contribution is 7.99. The van der Waals surface area contributed by atoms with E-state index in [0.29, 0.717) is 6.54 Å². The number of hydrogen-bond acceptors (Lipinski definition) is 4. The minimum atomic E-state index is -1.25. The Balaban J connectivity index is 1.82. The van der Waals surface area contributed by atoms with Crippen LogP contribution in [0, 0.1) is 11.8 Å². The summed E-state index contributed by atoms with van der Waals surface area (Å²) in [5, 5.41) is 2.59. The molecule has 0 aliphatic carbocycles. The van der Waals surface area contributed by atoms with E-state index in [4.69, 9.17) is 0 Å². The highest BCUT2D eigenvalue weighted by Crippen LogP contribution is 2.09. The van der Waals surface area contributed by atoms with Gasteiger partial charge in [-0.2, -0.15) is 16.2 Å². The van der Waals surface area contributed by atoms with Gasteiger partial charge in [-0.05, 0) is 6.07 Å². The van der Waals surface area contributed by atoms with E-state index in [2.05, 4.69) is 15.2 Å². The van der Waals surface area contributed by atoms with Gasteiger partial charge < -0.3 is 5.32 Å². The Morgan fingerprint density at radius 3 is 2.89 bits per heavy atom. The molecule has 19 heavy (non-hydrogen) atoms. The average molecular weight is 287 g/mol. The number of nitrogens with zero attached hydrogens (tertiary/aromatic N) is 2. The molecular weight excluding hydrogens is 272 g/mol. The zero-order valence-electron chi connectivity index (χ0n) is 10.4. The van der Waals surface area contributed by atoms with Crippen molar-refractivity contribution in [2.75, 3.05) is 37.7 Å². The van der Waals surface area contributed by atoms with Gasteiger partial charge in [-0.15, -0.1) is 0 Å². The molecule has 1 fully saturated rings. The summed E-state index contributed by atoms with van der Waals surface area (Å²) in [5.41, 5.74) is -0.304. The van der Waals surface area contributed by atoms with E-state index < -0.39 is 17.7 Å². The first-order chi connectivity index (χ1) is 9.18. The topological polar surface area (TPSA) is 45.2 Å². The number of halogens is 2. The number of aromatic nitrogens is 1. The number of rotatable bonds is 4. The van der Waals surface area contributed by atoms with Crippen LogP contribution in [0.15, 0.2) is 12.3 Å². The highest BCUT2D eigenvalue weighted by Gasteiger charge is 2.16. The zero-order chi connectivity index (χ0) is 13.7. The molecule has 2 heterocycles. The lowest BCUT2D eigenvalue weighted by Crippen LogP contribution is -2.39. The van der Waals surface area contributed by atoms with Gasteiger partial charge >= 0.3 is 0 Å². The van der Waals surface area contributed by atoms with Crippen LogP contribution in [0.1, 0.15) is 10.4 Å². The molecule has 0 spiro atoms. The van der Waals surface area contributed by atoms with E-state index in [9.17, 15) is 13.6 Å². The first kappa shape index (κ1) is 14.2. The fourth-order valence-corrected chi connectivity index (χ4v) is 2.82. The van der Waals surface area contributed by atoms with E-state index in [1.54, 1.807) is 0 Å². The number of carbonyl (C=O) groups is 1. The molecular formula is C12H15F2N3OS. The quantitative estimate of drug-likeness (QED) is 0.844. The summed E-state index contributed by atoms with van der Waals surface area (Å²) < 4.78 is 26.2. The van der Waals surface area contributed by atoms with Crippen molar-refractivity contribution in [2.24, 2.45) is 0 Å². The minimum absolute atomic E-state index is 0.304. The molecule has 1 aromatic rings. The van der Waals surface area contributed by atoms with Crippen molar-refractivity contribution in [3.05, 3.63) is 29.6 Å². The van der Waals surface area contributed by atoms with Gasteiger partial charge in [-0.3, -0.25) is 9.69 Å². The number of hydrogen-bond donors (Lipinski definition) is 1. The first-order valence-electron chi connectivity index (χ1n) is 6.07. The summed E-state index contributed by atoms with van der Waals surface area (Å²) in [6.07, 6.45) is 1.08. The molecule has 1 aliphatic heterocycles. The van der Waals surface area contributed by atoms with Crippen molar-refractivity contribution < 1.29 is 13.6 Å². The van der Waals surface area contributed by atoms with Crippen LogP contribution in [0.5, 0.6) is 0 Å². The van der Waals surface area contributed by atoms with E-state index >= 15 is 0 Å². The number of nitrogens with one attached hydrogen (secondary N) is 1. The van der Waals surface area contributed by atoms with Crippen molar-refractivity contribution in [2.45, 2.75) is 0 Å². The Morgan fingerprint density at radius 1 is 1.42 bits per heavy atom. The Morgan fingerprint density at radius 2 is 2.16 bits per heavy atom. The highest BCUT2D eigenvalue weighted by atomic mass is 32.2. The standard InChI is InChI=1S/C12H15F2N3OS/c13-10-9(1-2-15-11(10)14)12(18)16-3-4-17-5-7-19-8-6-17/h1-2H,3-8H2,(H,16,18). The summed E-state index contributed by atoms with van der Waals surface area (Å²) in [6, 6.07) is 1.17. The molecule has 0 aromatic carbocycles. The molecule has 1 amide bonds. The van der Waals surface area contributed by atoms with E-state index in [1.807, 2.05) is 11.8 Å². The van der Waals surface area contributed by atoms with Crippen LogP contribution in [-0.4, -0.2) is 53.5 Å². The molecule has 0 bridgehead atoms. The van der Waals surface area contributed by atoms with Crippen LogP contribution in [0.25, 0.3) is 0 Å². The van der Waals surface area contributed by atoms with Crippen molar-refractivity contribution in [3.63, 3.8) is 0 Å². The fraction of sp³-hybridized carbons (Fsp3) is 0.500. The number of carbonyl (C=O) groups excluding carboxylic acids is 1. The zero-order valence-corrected chi connectivity index (χ0v) is 11.2. The number of amides is 1. The lowest BCUT2D eigenvalue weighted by Gasteiger charge is -2.25. The molecule has 104 valence electrons. The van der Waals surface area contributed by atoms with Gasteiger partial charge in [0.15, 0.2) is 5.82 Å². The van der Waals surface area contributed by atoms with Crippen LogP contribution >= 0.6 is 11.8 Å². The smallest absolute Gasteiger partial charge is 0.254 e. The Labute approximate surface area is 114 Å². The van der Waals surface area contributed by atoms with Crippen molar-refractivity contribution in [1.82, 2.24) is 15.2 Å². The third-order valence-electron chi connectivity index (χ3n) is 2.91. The first-order valence-corrected chi connectivity index (χ1v) is 7.22. The third-order valence-corrected chi connectivity index (χ3v) is 3.85.